The molecule has 7 atom stereocenters. The van der Waals surface area contributed by atoms with E-state index in [2.05, 4.69) is 54.6 Å². The van der Waals surface area contributed by atoms with Gasteiger partial charge in [0.2, 0.25) is 0 Å². The maximum Gasteiger partial charge on any atom is 0.311 e. The van der Waals surface area contributed by atoms with Crippen molar-refractivity contribution in [3.63, 3.8) is 0 Å². The Morgan fingerprint density at radius 3 is 1.06 bits per heavy atom. The molecule has 0 N–H and O–H groups in total. The van der Waals surface area contributed by atoms with Crippen LogP contribution in [-0.4, -0.2) is 38.6 Å². The smallest absolute Gasteiger partial charge is 0.311 e. The average Bonchev–Trinajstić information content (AvgIpc) is 1.51. The first-order valence-corrected chi connectivity index (χ1v) is 51.8. The zero-order valence-corrected chi connectivity index (χ0v) is 75.9. The number of hydrogen-bond donors (Lipinski definition) is 0. The minimum Gasteiger partial charge on any atom is -0.490 e. The molecule has 2 saturated heterocycles. The molecule has 131 heavy (non-hydrogen) atoms. The highest BCUT2D eigenvalue weighted by Crippen LogP contribution is 2.62. The van der Waals surface area contributed by atoms with E-state index in [1.807, 2.05) is 279 Å². The van der Waals surface area contributed by atoms with Gasteiger partial charge in [0.25, 0.3) is 14.7 Å². The molecular formula is C110H77Cl2O14P5. The lowest BCUT2D eigenvalue weighted by Crippen LogP contribution is -2.27. The predicted molar refractivity (Wildman–Crippen MR) is 529 cm³/mol. The van der Waals surface area contributed by atoms with Gasteiger partial charge >= 0.3 is 22.1 Å². The molecule has 2 fully saturated rings. The van der Waals surface area contributed by atoms with E-state index in [4.69, 9.17) is 64.8 Å². The Balaban J connectivity index is 0.000000118. The molecule has 17 aromatic rings. The third-order valence-electron chi connectivity index (χ3n) is 24.2. The largest absolute Gasteiger partial charge is 0.490 e. The summed E-state index contributed by atoms with van der Waals surface area (Å²) in [6, 6.07) is 123. The van der Waals surface area contributed by atoms with Crippen molar-refractivity contribution >= 4 is 113 Å². The molecule has 7 aliphatic heterocycles. The van der Waals surface area contributed by atoms with Crippen molar-refractivity contribution in [3.8, 4) is 140 Å². The second kappa shape index (κ2) is 34.2. The first kappa shape index (κ1) is 83.4. The molecule has 0 spiro atoms. The summed E-state index contributed by atoms with van der Waals surface area (Å²) in [5.74, 6) is 7.00. The van der Waals surface area contributed by atoms with Crippen molar-refractivity contribution in [2.24, 2.45) is 0 Å². The number of allylic oxidation sites excluding steroid dienone is 2. The molecule has 14 nitrogen and oxygen atoms in total. The molecule has 640 valence electrons. The van der Waals surface area contributed by atoms with E-state index >= 15 is 4.57 Å². The van der Waals surface area contributed by atoms with Crippen LogP contribution in [0.4, 0.5) is 0 Å². The number of epoxide rings is 2. The Hall–Kier alpha value is -13.3. The summed E-state index contributed by atoms with van der Waals surface area (Å²) < 4.78 is 128. The number of benzene rings is 17. The Morgan fingerprint density at radius 2 is 0.611 bits per heavy atom. The van der Waals surface area contributed by atoms with Crippen LogP contribution in [0.15, 0.2) is 406 Å². The van der Waals surface area contributed by atoms with Gasteiger partial charge in [-0.25, -0.2) is 0 Å². The van der Waals surface area contributed by atoms with E-state index in [1.165, 1.54) is 11.6 Å². The van der Waals surface area contributed by atoms with Gasteiger partial charge in [-0.05, 0) is 217 Å². The number of hydrogen-bond acceptors (Lipinski definition) is 14. The maximum absolute atomic E-state index is 15.3. The lowest BCUT2D eigenvalue weighted by atomic mass is 9.93. The number of fused-ring (bicyclic) bond motifs is 16. The monoisotopic (exact) mass is 1850 g/mol. The van der Waals surface area contributed by atoms with Crippen molar-refractivity contribution in [2.75, 3.05) is 26.4 Å². The van der Waals surface area contributed by atoms with E-state index < -0.39 is 36.8 Å². The van der Waals surface area contributed by atoms with Gasteiger partial charge in [-0.2, -0.15) is 0 Å². The van der Waals surface area contributed by atoms with E-state index in [0.717, 1.165) is 111 Å². The van der Waals surface area contributed by atoms with Gasteiger partial charge in [0.15, 0.2) is 0 Å². The minimum atomic E-state index is -3.66. The zero-order valence-electron chi connectivity index (χ0n) is 69.9. The van der Waals surface area contributed by atoms with Gasteiger partial charge in [0.05, 0.1) is 55.7 Å². The number of ether oxygens (including phenoxy) is 4. The first-order valence-electron chi connectivity index (χ1n) is 42.8. The number of rotatable bonds is 16. The summed E-state index contributed by atoms with van der Waals surface area (Å²) >= 11 is 12.4. The Morgan fingerprint density at radius 1 is 0.267 bits per heavy atom. The van der Waals surface area contributed by atoms with Gasteiger partial charge in [-0.15, -0.1) is 0 Å². The highest BCUT2D eigenvalue weighted by Gasteiger charge is 2.44. The van der Waals surface area contributed by atoms with Crippen molar-refractivity contribution in [2.45, 2.75) is 12.2 Å². The Kier molecular flexibility index (Phi) is 21.8. The third-order valence-corrected chi connectivity index (χ3v) is 36.2. The van der Waals surface area contributed by atoms with Crippen LogP contribution in [0.25, 0.3) is 111 Å². The third kappa shape index (κ3) is 15.8. The van der Waals surface area contributed by atoms with E-state index in [-0.39, 0.29) is 12.2 Å². The van der Waals surface area contributed by atoms with Crippen LogP contribution in [0.1, 0.15) is 0 Å². The highest BCUT2D eigenvalue weighted by molar-refractivity contribution is 7.76. The molecule has 0 bridgehead atoms. The summed E-state index contributed by atoms with van der Waals surface area (Å²) in [6.45, 7) is 2.08. The SMILES string of the molecule is O=P1(/C=C/C=C/P2(=O)Oc3ccc(Cl)cc3-c3ccccc32)Oc2ccc(Cl)cc2-c2ccccc21.O=P1(c2cc(OCC3CO3)c(-c3cccc4ccccc34)cc2OCC2CO2)Oc2ccccc2-c2ccccc21.O=P1(c2ccc(-c3cc(-c4ccccc4)cc(-c4ccc(P5(=O)Oc6ccccc6-c6ccccc65)cc4)c3)cc2)Oc2ccccc2-c2ccccc21. The molecule has 0 saturated carbocycles. The molecule has 24 rings (SSSR count). The normalized spacial score (nSPS) is 20.2. The molecule has 0 radical (unpaired) electrons. The van der Waals surface area contributed by atoms with E-state index in [9.17, 15) is 18.3 Å². The van der Waals surface area contributed by atoms with E-state index in [0.29, 0.717) is 119 Å². The first-order chi connectivity index (χ1) is 64.0. The minimum absolute atomic E-state index is 0.0213. The summed E-state index contributed by atoms with van der Waals surface area (Å²) in [4.78, 5) is 0. The Bertz CT molecular complexity index is 7480. The second-order valence-electron chi connectivity index (χ2n) is 32.5. The molecule has 0 aliphatic carbocycles. The number of para-hydroxylation sites is 3. The highest BCUT2D eigenvalue weighted by atomic mass is 35.5. The van der Waals surface area contributed by atoms with Crippen LogP contribution in [0, 0.1) is 0 Å². The second-order valence-corrected chi connectivity index (χ2v) is 44.5. The Labute approximate surface area is 767 Å². The molecular weight excluding hydrogens is 1770 g/mol. The molecule has 7 unspecified atom stereocenters. The van der Waals surface area contributed by atoms with Gasteiger partial charge in [-0.3, -0.25) is 22.8 Å². The molecule has 7 aliphatic rings. The topological polar surface area (TPSA) is 175 Å². The van der Waals surface area contributed by atoms with Gasteiger partial charge in [0, 0.05) is 55.1 Å². The van der Waals surface area contributed by atoms with Crippen LogP contribution < -0.4 is 74.5 Å². The summed E-state index contributed by atoms with van der Waals surface area (Å²) in [5, 5.41) is 8.34. The van der Waals surface area contributed by atoms with E-state index in [1.54, 1.807) is 60.7 Å². The average molecular weight is 1850 g/mol. The molecule has 0 aromatic heterocycles. The van der Waals surface area contributed by atoms with Crippen LogP contribution in [0.3, 0.4) is 0 Å². The van der Waals surface area contributed by atoms with Gasteiger partial charge < -0.3 is 41.6 Å². The van der Waals surface area contributed by atoms with Crippen molar-refractivity contribution in [1.29, 1.82) is 0 Å². The van der Waals surface area contributed by atoms with Crippen molar-refractivity contribution in [1.82, 2.24) is 0 Å². The fourth-order valence-electron chi connectivity index (χ4n) is 17.6. The molecule has 17 aromatic carbocycles. The van der Waals surface area contributed by atoms with Crippen LogP contribution in [0.5, 0.6) is 40.2 Å². The summed E-state index contributed by atoms with van der Waals surface area (Å²) in [6.07, 6.45) is 3.27. The molecule has 21 heteroatoms. The van der Waals surface area contributed by atoms with Crippen LogP contribution in [-0.2, 0) is 32.3 Å². The van der Waals surface area contributed by atoms with Gasteiger partial charge in [-0.1, -0.05) is 278 Å². The fraction of sp³-hybridized carbons (Fsp3) is 0.0545. The lowest BCUT2D eigenvalue weighted by Gasteiger charge is -2.30. The zero-order chi connectivity index (χ0) is 88.6. The quantitative estimate of drug-likeness (QED) is 0.0507. The summed E-state index contributed by atoms with van der Waals surface area (Å²) in [5.41, 5.74) is 16.8. The van der Waals surface area contributed by atoms with Crippen molar-refractivity contribution < 1.29 is 64.4 Å². The lowest BCUT2D eigenvalue weighted by molar-refractivity contribution is 0.259. The van der Waals surface area contributed by atoms with Crippen LogP contribution >= 0.6 is 60.0 Å². The molecule has 0 amide bonds. The van der Waals surface area contributed by atoms with Gasteiger partial charge in [0.1, 0.15) is 65.7 Å². The van der Waals surface area contributed by atoms with Crippen molar-refractivity contribution in [3.05, 3.63) is 416 Å². The standard InChI is InChI=1S/C48H32O4P2.C34H27O6P.C28H18Cl2O4P2/c49-53(47-20-10-6-16-43(47)41-14-4-8-18-45(41)51-53)39-26-22-34(23-27-39)37-30-36(33-12-2-1-3-13-33)31-38(32-37)35-24-28-40(29-25-35)54(50)48-21-11-7-17-44(48)42-15-5-9-19-46(42)52-54;35-41(33-15-6-4-12-28(33)27-11-3-5-14-30(27)40-41)34-17-31(38-20-23-18-36-23)29(16-32(34)39-21-24-19-37-24)26-13-7-9-22-8-1-2-10-25(22)26;29-19-11-13-25-23(17-19)21-7-1-3-9-27(21)35(31,33-25)15-5-6-16-36(32)28-10-4-2-8-22(28)24-18-20(30)12-14-26(24)34-36/h1-32H;1-17,23-24H,18-21H2;1-18H/b;;15-5+,16-6+. The number of halogens is 2. The summed E-state index contributed by atoms with van der Waals surface area (Å²) in [7, 11) is -17.3. The maximum atomic E-state index is 15.3. The predicted octanol–water partition coefficient (Wildman–Crippen LogP) is 26.3. The fourth-order valence-corrected chi connectivity index (χ4v) is 28.7. The molecule has 7 heterocycles. The van der Waals surface area contributed by atoms with Crippen LogP contribution in [0.2, 0.25) is 10.0 Å².